The second kappa shape index (κ2) is 12.7. The van der Waals surface area contributed by atoms with Crippen molar-refractivity contribution in [2.24, 2.45) is 5.10 Å². The maximum atomic E-state index is 12.7. The monoisotopic (exact) mass is 536 g/mol. The molecule has 0 aliphatic carbocycles. The molecule has 2 amide bonds. The molecule has 4 rings (SSSR count). The van der Waals surface area contributed by atoms with Gasteiger partial charge in [0.2, 0.25) is 11.7 Å². The first kappa shape index (κ1) is 27.4. The predicted molar refractivity (Wildman–Crippen MR) is 150 cm³/mol. The maximum absolute atomic E-state index is 12.7. The van der Waals surface area contributed by atoms with Crippen LogP contribution in [0.25, 0.3) is 0 Å². The van der Waals surface area contributed by atoms with Crippen LogP contribution in [0.4, 0.5) is 11.4 Å². The van der Waals surface area contributed by atoms with Crippen molar-refractivity contribution < 1.29 is 24.0 Å². The first-order valence-corrected chi connectivity index (χ1v) is 12.1. The molecule has 0 aliphatic heterocycles. The number of hydrogen-bond acceptors (Lipinski definition) is 7. The van der Waals surface area contributed by atoms with E-state index in [9.17, 15) is 24.5 Å². The minimum absolute atomic E-state index is 0.118. The highest BCUT2D eigenvalue weighted by atomic mass is 16.6. The van der Waals surface area contributed by atoms with Gasteiger partial charge in [0, 0.05) is 22.9 Å². The topological polar surface area (TPSA) is 140 Å². The Balaban J connectivity index is 1.41. The molecular formula is C30H24N4O6. The van der Waals surface area contributed by atoms with Crippen molar-refractivity contribution in [3.05, 3.63) is 135 Å². The van der Waals surface area contributed by atoms with Crippen LogP contribution >= 0.6 is 0 Å². The van der Waals surface area contributed by atoms with E-state index in [1.54, 1.807) is 37.3 Å². The number of aryl methyl sites for hydroxylation is 1. The molecule has 10 heteroatoms. The normalized spacial score (nSPS) is 10.6. The molecule has 0 radical (unpaired) electrons. The van der Waals surface area contributed by atoms with E-state index in [2.05, 4.69) is 15.8 Å². The van der Waals surface area contributed by atoms with Crippen LogP contribution in [0.3, 0.4) is 0 Å². The number of esters is 1. The number of rotatable bonds is 9. The average Bonchev–Trinajstić information content (AvgIpc) is 2.94. The summed E-state index contributed by atoms with van der Waals surface area (Å²) in [7, 11) is 0. The third-order valence-corrected chi connectivity index (χ3v) is 5.68. The van der Waals surface area contributed by atoms with Crippen LogP contribution in [0.2, 0.25) is 0 Å². The van der Waals surface area contributed by atoms with E-state index in [4.69, 9.17) is 4.74 Å². The van der Waals surface area contributed by atoms with Crippen molar-refractivity contribution in [3.8, 4) is 5.75 Å². The van der Waals surface area contributed by atoms with Gasteiger partial charge in [0.15, 0.2) is 0 Å². The lowest BCUT2D eigenvalue weighted by molar-refractivity contribution is -0.385. The molecule has 2 N–H and O–H groups in total. The zero-order valence-electron chi connectivity index (χ0n) is 21.4. The molecule has 0 aromatic heterocycles. The Morgan fingerprint density at radius 3 is 2.33 bits per heavy atom. The molecule has 0 spiro atoms. The Labute approximate surface area is 229 Å². The van der Waals surface area contributed by atoms with Crippen LogP contribution in [-0.2, 0) is 11.2 Å². The van der Waals surface area contributed by atoms with Gasteiger partial charge in [0.05, 0.1) is 23.1 Å². The predicted octanol–water partition coefficient (Wildman–Crippen LogP) is 5.07. The van der Waals surface area contributed by atoms with E-state index in [1.807, 2.05) is 30.3 Å². The summed E-state index contributed by atoms with van der Waals surface area (Å²) in [6, 6.07) is 26.2. The fourth-order valence-electron chi connectivity index (χ4n) is 3.74. The van der Waals surface area contributed by atoms with Crippen molar-refractivity contribution >= 4 is 35.4 Å². The van der Waals surface area contributed by atoms with Crippen molar-refractivity contribution in [2.75, 3.05) is 5.32 Å². The third kappa shape index (κ3) is 7.23. The van der Waals surface area contributed by atoms with E-state index < -0.39 is 22.5 Å². The van der Waals surface area contributed by atoms with E-state index in [-0.39, 0.29) is 34.8 Å². The van der Waals surface area contributed by atoms with Gasteiger partial charge in [-0.1, -0.05) is 54.1 Å². The van der Waals surface area contributed by atoms with Crippen LogP contribution in [0, 0.1) is 17.0 Å². The van der Waals surface area contributed by atoms with Gasteiger partial charge >= 0.3 is 11.7 Å². The van der Waals surface area contributed by atoms with Gasteiger partial charge in [-0.05, 0) is 55.0 Å². The molecule has 0 heterocycles. The number of anilines is 1. The molecule has 4 aromatic rings. The number of carbonyl (C=O) groups is 3. The first-order valence-electron chi connectivity index (χ1n) is 12.1. The number of nitrogens with one attached hydrogen (secondary N) is 2. The van der Waals surface area contributed by atoms with Gasteiger partial charge in [-0.2, -0.15) is 5.10 Å². The van der Waals surface area contributed by atoms with E-state index >= 15 is 0 Å². The zero-order chi connectivity index (χ0) is 28.5. The Bertz CT molecular complexity index is 1580. The lowest BCUT2D eigenvalue weighted by Crippen LogP contribution is -2.18. The molecule has 0 bridgehead atoms. The van der Waals surface area contributed by atoms with Crippen LogP contribution in [0.5, 0.6) is 5.75 Å². The summed E-state index contributed by atoms with van der Waals surface area (Å²) < 4.78 is 5.38. The average molecular weight is 537 g/mol. The lowest BCUT2D eigenvalue weighted by atomic mass is 10.1. The molecule has 0 saturated heterocycles. The standard InChI is InChI=1S/C30H24N4O6/c1-20-7-5-10-23(17-20)30(37)40-28-24(11-6-12-26(28)34(38)39)19-31-33-29(36)22-13-15-25(16-14-22)32-27(35)18-21-8-3-2-4-9-21/h2-17,19H,18H2,1H3,(H,32,35)(H,33,36)/b31-19+. The Morgan fingerprint density at radius 1 is 0.900 bits per heavy atom. The summed E-state index contributed by atoms with van der Waals surface area (Å²) in [5.74, 6) is -1.81. The summed E-state index contributed by atoms with van der Waals surface area (Å²) in [6.07, 6.45) is 1.37. The highest BCUT2D eigenvalue weighted by Crippen LogP contribution is 2.30. The number of amides is 2. The number of benzene rings is 4. The number of hydrogen-bond donors (Lipinski definition) is 2. The van der Waals surface area contributed by atoms with Crippen LogP contribution < -0.4 is 15.5 Å². The summed E-state index contributed by atoms with van der Waals surface area (Å²) in [4.78, 5) is 48.4. The largest absolute Gasteiger partial charge is 0.415 e. The van der Waals surface area contributed by atoms with Crippen LogP contribution in [0.15, 0.2) is 102 Å². The minimum Gasteiger partial charge on any atom is -0.415 e. The Kier molecular flexibility index (Phi) is 8.73. The second-order valence-electron chi connectivity index (χ2n) is 8.70. The molecule has 4 aromatic carbocycles. The van der Waals surface area contributed by atoms with Crippen LogP contribution in [0.1, 0.15) is 37.4 Å². The number of nitro benzene ring substituents is 1. The van der Waals surface area contributed by atoms with Gasteiger partial charge in [-0.15, -0.1) is 0 Å². The summed E-state index contributed by atoms with van der Waals surface area (Å²) in [5.41, 5.74) is 4.76. The quantitative estimate of drug-likeness (QED) is 0.101. The highest BCUT2D eigenvalue weighted by molar-refractivity contribution is 5.97. The van der Waals surface area contributed by atoms with Gasteiger partial charge in [-0.25, -0.2) is 10.2 Å². The van der Waals surface area contributed by atoms with Gasteiger partial charge in [0.25, 0.3) is 5.91 Å². The second-order valence-corrected chi connectivity index (χ2v) is 8.70. The van der Waals surface area contributed by atoms with Crippen molar-refractivity contribution in [1.82, 2.24) is 5.43 Å². The third-order valence-electron chi connectivity index (χ3n) is 5.68. The summed E-state index contributed by atoms with van der Waals surface area (Å²) in [5, 5.41) is 18.2. The van der Waals surface area contributed by atoms with E-state index in [0.29, 0.717) is 5.69 Å². The van der Waals surface area contributed by atoms with Crippen molar-refractivity contribution in [3.63, 3.8) is 0 Å². The highest BCUT2D eigenvalue weighted by Gasteiger charge is 2.22. The summed E-state index contributed by atoms with van der Waals surface area (Å²) in [6.45, 7) is 1.80. The molecule has 40 heavy (non-hydrogen) atoms. The SMILES string of the molecule is Cc1cccc(C(=O)Oc2c(/C=N/NC(=O)c3ccc(NC(=O)Cc4ccccc4)cc3)cccc2[N+](=O)[O-])c1. The van der Waals surface area contributed by atoms with Crippen LogP contribution in [-0.4, -0.2) is 28.9 Å². The number of para-hydroxylation sites is 1. The van der Waals surface area contributed by atoms with Gasteiger partial charge < -0.3 is 10.1 Å². The molecule has 0 saturated carbocycles. The van der Waals surface area contributed by atoms with Gasteiger partial charge in [0.1, 0.15) is 0 Å². The minimum atomic E-state index is -0.771. The fraction of sp³-hybridized carbons (Fsp3) is 0.0667. The zero-order valence-corrected chi connectivity index (χ0v) is 21.4. The molecule has 10 nitrogen and oxygen atoms in total. The Morgan fingerprint density at radius 2 is 1.62 bits per heavy atom. The van der Waals surface area contributed by atoms with E-state index in [0.717, 1.165) is 17.3 Å². The maximum Gasteiger partial charge on any atom is 0.343 e. The smallest absolute Gasteiger partial charge is 0.343 e. The molecule has 0 fully saturated rings. The summed E-state index contributed by atoms with van der Waals surface area (Å²) >= 11 is 0. The first-order chi connectivity index (χ1) is 19.3. The molecule has 0 unspecified atom stereocenters. The fourth-order valence-corrected chi connectivity index (χ4v) is 3.74. The molecule has 0 aliphatic rings. The van der Waals surface area contributed by atoms with E-state index in [1.165, 1.54) is 36.4 Å². The molecule has 200 valence electrons. The molecular weight excluding hydrogens is 512 g/mol. The number of hydrazone groups is 1. The number of carbonyl (C=O) groups excluding carboxylic acids is 3. The number of nitro groups is 1. The molecule has 0 atom stereocenters. The lowest BCUT2D eigenvalue weighted by Gasteiger charge is -2.09. The number of ether oxygens (including phenoxy) is 1. The van der Waals surface area contributed by atoms with Gasteiger partial charge in [-0.3, -0.25) is 19.7 Å². The van der Waals surface area contributed by atoms with Crippen molar-refractivity contribution in [2.45, 2.75) is 13.3 Å². The number of nitrogens with zero attached hydrogens (tertiary/aromatic N) is 2. The Hall–Kier alpha value is -5.64. The van der Waals surface area contributed by atoms with Crippen molar-refractivity contribution in [1.29, 1.82) is 0 Å².